The van der Waals surface area contributed by atoms with Crippen LogP contribution in [0.2, 0.25) is 0 Å². The Morgan fingerprint density at radius 1 is 1.50 bits per heavy atom. The van der Waals surface area contributed by atoms with Crippen LogP contribution in [-0.2, 0) is 6.42 Å². The molecule has 0 saturated heterocycles. The molecular weight excluding hydrogens is 240 g/mol. The molecule has 1 atom stereocenters. The van der Waals surface area contributed by atoms with Gasteiger partial charge >= 0.3 is 0 Å². The molecule has 0 radical (unpaired) electrons. The fourth-order valence-electron chi connectivity index (χ4n) is 1.59. The Morgan fingerprint density at radius 2 is 2.21 bits per heavy atom. The number of aromatic nitrogens is 2. The number of alkyl halides is 1. The van der Waals surface area contributed by atoms with Crippen LogP contribution in [0.5, 0.6) is 0 Å². The zero-order valence-corrected chi connectivity index (χ0v) is 10.2. The maximum absolute atomic E-state index is 4.53. The average molecular weight is 255 g/mol. The molecule has 1 heterocycles. The van der Waals surface area contributed by atoms with Crippen molar-refractivity contribution >= 4 is 15.9 Å². The first-order valence-electron chi connectivity index (χ1n) is 5.10. The van der Waals surface area contributed by atoms with Gasteiger partial charge in [0.25, 0.3) is 0 Å². The van der Waals surface area contributed by atoms with E-state index in [4.69, 9.17) is 0 Å². The lowest BCUT2D eigenvalue weighted by Gasteiger charge is -2.09. The topological polar surface area (TPSA) is 25.8 Å². The highest BCUT2D eigenvalue weighted by Gasteiger charge is 2.29. The van der Waals surface area contributed by atoms with Gasteiger partial charge in [-0.1, -0.05) is 15.9 Å². The molecule has 0 aromatic carbocycles. The smallest absolute Gasteiger partial charge is 0.0630 e. The highest BCUT2D eigenvalue weighted by Crippen LogP contribution is 2.38. The minimum Gasteiger partial charge on any atom is -0.258 e. The summed E-state index contributed by atoms with van der Waals surface area (Å²) in [7, 11) is 0. The summed E-state index contributed by atoms with van der Waals surface area (Å²) in [5.41, 5.74) is 3.24. The molecule has 1 unspecified atom stereocenters. The lowest BCUT2D eigenvalue weighted by molar-refractivity contribution is 0.734. The summed E-state index contributed by atoms with van der Waals surface area (Å²) in [6.07, 6.45) is 5.59. The lowest BCUT2D eigenvalue weighted by atomic mass is 10.1. The Balaban J connectivity index is 2.10. The predicted octanol–water partition coefficient (Wildman–Crippen LogP) is 2.81. The normalized spacial score (nSPS) is 18.2. The van der Waals surface area contributed by atoms with Crippen molar-refractivity contribution in [3.05, 3.63) is 23.3 Å². The first-order valence-corrected chi connectivity index (χ1v) is 6.01. The zero-order valence-electron chi connectivity index (χ0n) is 8.63. The molecule has 76 valence electrons. The van der Waals surface area contributed by atoms with E-state index < -0.39 is 0 Å². The van der Waals surface area contributed by atoms with Crippen LogP contribution in [-0.4, -0.2) is 14.8 Å². The molecule has 1 aromatic rings. The van der Waals surface area contributed by atoms with E-state index in [1.165, 1.54) is 12.8 Å². The fraction of sp³-hybridized carbons (Fsp3) is 0.636. The summed E-state index contributed by atoms with van der Waals surface area (Å²) < 4.78 is 0. The van der Waals surface area contributed by atoms with Gasteiger partial charge in [0.05, 0.1) is 17.1 Å². The first-order chi connectivity index (χ1) is 6.66. The molecule has 14 heavy (non-hydrogen) atoms. The number of aryl methyl sites for hydroxylation is 2. The Hall–Kier alpha value is -0.440. The van der Waals surface area contributed by atoms with E-state index in [0.717, 1.165) is 29.4 Å². The third-order valence-electron chi connectivity index (χ3n) is 2.70. The van der Waals surface area contributed by atoms with Gasteiger partial charge in [-0.25, -0.2) is 0 Å². The van der Waals surface area contributed by atoms with Crippen LogP contribution >= 0.6 is 15.9 Å². The van der Waals surface area contributed by atoms with E-state index in [0.29, 0.717) is 4.83 Å². The van der Waals surface area contributed by atoms with E-state index in [1.54, 1.807) is 0 Å². The molecule has 1 aromatic heterocycles. The van der Waals surface area contributed by atoms with E-state index in [9.17, 15) is 0 Å². The molecule has 1 fully saturated rings. The molecule has 2 rings (SSSR count). The van der Waals surface area contributed by atoms with Gasteiger partial charge in [0.2, 0.25) is 0 Å². The molecule has 0 aliphatic heterocycles. The van der Waals surface area contributed by atoms with Crippen molar-refractivity contribution in [3.63, 3.8) is 0 Å². The van der Waals surface area contributed by atoms with Gasteiger partial charge in [-0.05, 0) is 32.6 Å². The SMILES string of the molecule is Cc1cnc(C)c(CC(Br)C2CC2)n1. The van der Waals surface area contributed by atoms with Crippen LogP contribution in [0.25, 0.3) is 0 Å². The van der Waals surface area contributed by atoms with Gasteiger partial charge in [-0.3, -0.25) is 9.97 Å². The van der Waals surface area contributed by atoms with Crippen LogP contribution in [0, 0.1) is 19.8 Å². The molecular formula is C11H15BrN2. The summed E-state index contributed by atoms with van der Waals surface area (Å²) >= 11 is 3.73. The summed E-state index contributed by atoms with van der Waals surface area (Å²) in [5.74, 6) is 0.872. The largest absolute Gasteiger partial charge is 0.258 e. The number of halogens is 1. The summed E-state index contributed by atoms with van der Waals surface area (Å²) in [6, 6.07) is 0. The second kappa shape index (κ2) is 3.97. The molecule has 0 amide bonds. The molecule has 3 heteroatoms. The maximum atomic E-state index is 4.53. The summed E-state index contributed by atoms with van der Waals surface area (Å²) in [4.78, 5) is 9.45. The number of rotatable bonds is 3. The third kappa shape index (κ3) is 2.32. The standard InChI is InChI=1S/C11H15BrN2/c1-7-6-13-8(2)11(14-7)5-10(12)9-3-4-9/h6,9-10H,3-5H2,1-2H3. The predicted molar refractivity (Wildman–Crippen MR) is 60.6 cm³/mol. The van der Waals surface area contributed by atoms with Crippen LogP contribution in [0.3, 0.4) is 0 Å². The average Bonchev–Trinajstić information content (AvgIpc) is 2.94. The highest BCUT2D eigenvalue weighted by molar-refractivity contribution is 9.09. The molecule has 2 nitrogen and oxygen atoms in total. The Bertz CT molecular complexity index is 334. The van der Waals surface area contributed by atoms with Gasteiger partial charge in [-0.15, -0.1) is 0 Å². The second-order valence-corrected chi connectivity index (χ2v) is 5.28. The van der Waals surface area contributed by atoms with Crippen LogP contribution in [0.15, 0.2) is 6.20 Å². The van der Waals surface area contributed by atoms with Gasteiger partial charge in [0.15, 0.2) is 0 Å². The third-order valence-corrected chi connectivity index (χ3v) is 3.77. The Kier molecular flexibility index (Phi) is 2.86. The van der Waals surface area contributed by atoms with E-state index in [2.05, 4.69) is 25.9 Å². The van der Waals surface area contributed by atoms with E-state index in [1.807, 2.05) is 20.0 Å². The minimum absolute atomic E-state index is 0.595. The number of nitrogens with zero attached hydrogens (tertiary/aromatic N) is 2. The van der Waals surface area contributed by atoms with Crippen LogP contribution in [0.4, 0.5) is 0 Å². The molecule has 0 spiro atoms. The summed E-state index contributed by atoms with van der Waals surface area (Å²) in [5, 5.41) is 0. The quantitative estimate of drug-likeness (QED) is 0.776. The fourth-order valence-corrected chi connectivity index (χ4v) is 2.43. The molecule has 0 N–H and O–H groups in total. The highest BCUT2D eigenvalue weighted by atomic mass is 79.9. The Morgan fingerprint density at radius 3 is 2.86 bits per heavy atom. The molecule has 1 aliphatic carbocycles. The van der Waals surface area contributed by atoms with Gasteiger partial charge < -0.3 is 0 Å². The van der Waals surface area contributed by atoms with Crippen molar-refractivity contribution in [1.29, 1.82) is 0 Å². The zero-order chi connectivity index (χ0) is 10.1. The summed E-state index contributed by atoms with van der Waals surface area (Å²) in [6.45, 7) is 4.03. The van der Waals surface area contributed by atoms with Crippen molar-refractivity contribution < 1.29 is 0 Å². The Labute approximate surface area is 93.3 Å². The molecule has 1 saturated carbocycles. The number of hydrogen-bond donors (Lipinski definition) is 0. The van der Waals surface area contributed by atoms with Crippen molar-refractivity contribution in [2.45, 2.75) is 37.9 Å². The molecule has 0 bridgehead atoms. The van der Waals surface area contributed by atoms with Crippen LogP contribution in [0.1, 0.15) is 29.9 Å². The monoisotopic (exact) mass is 254 g/mol. The van der Waals surface area contributed by atoms with Crippen molar-refractivity contribution in [1.82, 2.24) is 9.97 Å². The lowest BCUT2D eigenvalue weighted by Crippen LogP contribution is -2.09. The van der Waals surface area contributed by atoms with E-state index in [-0.39, 0.29) is 0 Å². The van der Waals surface area contributed by atoms with Crippen molar-refractivity contribution in [2.75, 3.05) is 0 Å². The van der Waals surface area contributed by atoms with Crippen molar-refractivity contribution in [2.24, 2.45) is 5.92 Å². The first kappa shape index (κ1) is 10.1. The number of hydrogen-bond acceptors (Lipinski definition) is 2. The van der Waals surface area contributed by atoms with Gasteiger partial charge in [-0.2, -0.15) is 0 Å². The van der Waals surface area contributed by atoms with Gasteiger partial charge in [0, 0.05) is 17.4 Å². The second-order valence-electron chi connectivity index (χ2n) is 4.10. The van der Waals surface area contributed by atoms with Crippen molar-refractivity contribution in [3.8, 4) is 0 Å². The van der Waals surface area contributed by atoms with Gasteiger partial charge in [0.1, 0.15) is 0 Å². The minimum atomic E-state index is 0.595. The van der Waals surface area contributed by atoms with E-state index >= 15 is 0 Å². The van der Waals surface area contributed by atoms with Crippen LogP contribution < -0.4 is 0 Å². The maximum Gasteiger partial charge on any atom is 0.0630 e. The molecule has 1 aliphatic rings.